The van der Waals surface area contributed by atoms with Gasteiger partial charge in [0.15, 0.2) is 5.11 Å². The Hall–Kier alpha value is -2.70. The molecule has 2 heterocycles. The van der Waals surface area contributed by atoms with Gasteiger partial charge in [-0.05, 0) is 66.2 Å². The normalized spacial score (nSPS) is 15.8. The van der Waals surface area contributed by atoms with Crippen LogP contribution in [0.3, 0.4) is 0 Å². The van der Waals surface area contributed by atoms with Gasteiger partial charge in [0.1, 0.15) is 0 Å². The van der Waals surface area contributed by atoms with Crippen molar-refractivity contribution in [1.29, 1.82) is 0 Å². The lowest BCUT2D eigenvalue weighted by Gasteiger charge is -2.27. The minimum absolute atomic E-state index is 0.0725. The number of aromatic nitrogens is 1. The van der Waals surface area contributed by atoms with Crippen molar-refractivity contribution in [3.05, 3.63) is 81.6 Å². The van der Waals surface area contributed by atoms with Crippen LogP contribution in [-0.2, 0) is 24.2 Å². The number of ether oxygens (including phenoxy) is 1. The molecule has 5 nitrogen and oxygen atoms in total. The van der Waals surface area contributed by atoms with Gasteiger partial charge in [0.05, 0.1) is 12.6 Å². The van der Waals surface area contributed by atoms with Crippen LogP contribution in [0.1, 0.15) is 36.5 Å². The molecule has 31 heavy (non-hydrogen) atoms. The van der Waals surface area contributed by atoms with Gasteiger partial charge in [0.2, 0.25) is 0 Å². The van der Waals surface area contributed by atoms with Gasteiger partial charge >= 0.3 is 0 Å². The fourth-order valence-electron chi connectivity index (χ4n) is 3.97. The van der Waals surface area contributed by atoms with Crippen molar-refractivity contribution in [2.75, 3.05) is 13.2 Å². The molecule has 1 fully saturated rings. The highest BCUT2D eigenvalue weighted by atomic mass is 32.1. The quantitative estimate of drug-likeness (QED) is 0.546. The van der Waals surface area contributed by atoms with Gasteiger partial charge in [0, 0.05) is 30.8 Å². The average Bonchev–Trinajstić information content (AvgIpc) is 3.31. The van der Waals surface area contributed by atoms with Crippen LogP contribution < -0.4 is 10.9 Å². The van der Waals surface area contributed by atoms with Crippen LogP contribution in [0.25, 0.3) is 10.9 Å². The summed E-state index contributed by atoms with van der Waals surface area (Å²) in [5, 5.41) is 5.05. The molecule has 1 unspecified atom stereocenters. The van der Waals surface area contributed by atoms with Crippen LogP contribution in [0.15, 0.2) is 59.4 Å². The number of thiocarbonyl (C=S) groups is 1. The Balaban J connectivity index is 1.57. The van der Waals surface area contributed by atoms with Crippen molar-refractivity contribution in [1.82, 2.24) is 15.2 Å². The van der Waals surface area contributed by atoms with Crippen LogP contribution >= 0.6 is 12.2 Å². The number of fused-ring (bicyclic) bond motifs is 1. The Labute approximate surface area is 188 Å². The average molecular weight is 436 g/mol. The minimum atomic E-state index is -0.0725. The predicted molar refractivity (Wildman–Crippen MR) is 129 cm³/mol. The molecule has 162 valence electrons. The number of rotatable bonds is 7. The zero-order valence-electron chi connectivity index (χ0n) is 17.9. The molecule has 1 aliphatic heterocycles. The van der Waals surface area contributed by atoms with Crippen LogP contribution in [0.5, 0.6) is 0 Å². The van der Waals surface area contributed by atoms with Crippen LogP contribution in [-0.4, -0.2) is 34.3 Å². The Morgan fingerprint density at radius 2 is 2.00 bits per heavy atom. The standard InChI is InChI=1S/C25H29N3O2S/c1-2-18-10-11-23-20(13-18)14-21(24(29)27-23)17-28(16-19-7-4-3-5-8-19)25(31)26-15-22-9-6-12-30-22/h3-5,7-8,10-11,13-14,22H,2,6,9,12,15-17H2,1H3,(H,26,31)(H,27,29). The highest BCUT2D eigenvalue weighted by Crippen LogP contribution is 2.17. The summed E-state index contributed by atoms with van der Waals surface area (Å²) in [6.45, 7) is 4.71. The summed E-state index contributed by atoms with van der Waals surface area (Å²) < 4.78 is 5.71. The van der Waals surface area contributed by atoms with Gasteiger partial charge in [-0.3, -0.25) is 4.79 Å². The molecule has 2 N–H and O–H groups in total. The zero-order chi connectivity index (χ0) is 21.6. The second-order valence-corrected chi connectivity index (χ2v) is 8.45. The molecule has 3 aromatic rings. The SMILES string of the molecule is CCc1ccc2[nH]c(=O)c(CN(Cc3ccccc3)C(=S)NCC3CCCO3)cc2c1. The van der Waals surface area contributed by atoms with Gasteiger partial charge in [-0.1, -0.05) is 43.3 Å². The third-order valence-corrected chi connectivity index (χ3v) is 6.17. The number of H-pyrrole nitrogens is 1. The molecule has 1 aliphatic rings. The molecule has 4 rings (SSSR count). The maximum atomic E-state index is 12.8. The summed E-state index contributed by atoms with van der Waals surface area (Å²) in [5.41, 5.74) is 3.89. The first kappa shape index (κ1) is 21.5. The van der Waals surface area contributed by atoms with Crippen molar-refractivity contribution >= 4 is 28.2 Å². The van der Waals surface area contributed by atoms with E-state index in [1.54, 1.807) is 0 Å². The van der Waals surface area contributed by atoms with Gasteiger partial charge in [-0.15, -0.1) is 0 Å². The first-order valence-corrected chi connectivity index (χ1v) is 11.4. The number of aryl methyl sites for hydroxylation is 1. The van der Waals surface area contributed by atoms with Gasteiger partial charge in [-0.25, -0.2) is 0 Å². The Morgan fingerprint density at radius 3 is 2.74 bits per heavy atom. The second-order valence-electron chi connectivity index (χ2n) is 8.06. The molecule has 1 saturated heterocycles. The summed E-state index contributed by atoms with van der Waals surface area (Å²) in [6, 6.07) is 18.4. The Bertz CT molecular complexity index is 1090. The van der Waals surface area contributed by atoms with Gasteiger partial charge in [0.25, 0.3) is 5.56 Å². The molecule has 0 aliphatic carbocycles. The van der Waals surface area contributed by atoms with E-state index < -0.39 is 0 Å². The fourth-order valence-corrected chi connectivity index (χ4v) is 4.18. The van der Waals surface area contributed by atoms with Crippen LogP contribution in [0.2, 0.25) is 0 Å². The number of nitrogens with one attached hydrogen (secondary N) is 2. The van der Waals surface area contributed by atoms with E-state index in [4.69, 9.17) is 17.0 Å². The van der Waals surface area contributed by atoms with Crippen molar-refractivity contribution < 1.29 is 4.74 Å². The van der Waals surface area contributed by atoms with E-state index in [1.807, 2.05) is 30.3 Å². The van der Waals surface area contributed by atoms with E-state index in [0.717, 1.165) is 42.3 Å². The topological polar surface area (TPSA) is 57.4 Å². The van der Waals surface area contributed by atoms with E-state index in [1.165, 1.54) is 5.56 Å². The number of aromatic amines is 1. The molecule has 1 atom stereocenters. The highest BCUT2D eigenvalue weighted by Gasteiger charge is 2.18. The first-order chi connectivity index (χ1) is 15.1. The van der Waals surface area contributed by atoms with Gasteiger partial charge in [-0.2, -0.15) is 0 Å². The molecule has 0 bridgehead atoms. The molecule has 1 aromatic heterocycles. The number of pyridine rings is 1. The van der Waals surface area contributed by atoms with Crippen LogP contribution in [0.4, 0.5) is 0 Å². The second kappa shape index (κ2) is 10.1. The number of nitrogens with zero attached hydrogens (tertiary/aromatic N) is 1. The van der Waals surface area contributed by atoms with Crippen molar-refractivity contribution in [3.63, 3.8) is 0 Å². The zero-order valence-corrected chi connectivity index (χ0v) is 18.7. The fraction of sp³-hybridized carbons (Fsp3) is 0.360. The van der Waals surface area contributed by atoms with E-state index >= 15 is 0 Å². The monoisotopic (exact) mass is 435 g/mol. The van der Waals surface area contributed by atoms with Crippen molar-refractivity contribution in [3.8, 4) is 0 Å². The molecular weight excluding hydrogens is 406 g/mol. The summed E-state index contributed by atoms with van der Waals surface area (Å²) in [6.07, 6.45) is 3.31. The molecule has 2 aromatic carbocycles. The Kier molecular flexibility index (Phi) is 6.99. The summed E-state index contributed by atoms with van der Waals surface area (Å²) in [4.78, 5) is 17.9. The van der Waals surface area contributed by atoms with Crippen molar-refractivity contribution in [2.24, 2.45) is 0 Å². The Morgan fingerprint density at radius 1 is 1.16 bits per heavy atom. The summed E-state index contributed by atoms with van der Waals surface area (Å²) >= 11 is 5.73. The predicted octanol–water partition coefficient (Wildman–Crippen LogP) is 4.15. The third kappa shape index (κ3) is 5.51. The summed E-state index contributed by atoms with van der Waals surface area (Å²) in [7, 11) is 0. The largest absolute Gasteiger partial charge is 0.376 e. The molecule has 6 heteroatoms. The summed E-state index contributed by atoms with van der Waals surface area (Å²) in [5.74, 6) is 0. The van der Waals surface area contributed by atoms with E-state index in [0.29, 0.717) is 30.3 Å². The van der Waals surface area contributed by atoms with E-state index in [-0.39, 0.29) is 11.7 Å². The molecule has 0 saturated carbocycles. The number of hydrogen-bond donors (Lipinski definition) is 2. The maximum Gasteiger partial charge on any atom is 0.253 e. The third-order valence-electron chi connectivity index (χ3n) is 5.76. The molecule has 0 spiro atoms. The van der Waals surface area contributed by atoms with Crippen LogP contribution in [0, 0.1) is 0 Å². The minimum Gasteiger partial charge on any atom is -0.376 e. The highest BCUT2D eigenvalue weighted by molar-refractivity contribution is 7.80. The lowest BCUT2D eigenvalue weighted by Crippen LogP contribution is -2.42. The molecule has 0 amide bonds. The first-order valence-electron chi connectivity index (χ1n) is 11.0. The number of benzene rings is 2. The molecular formula is C25H29N3O2S. The van der Waals surface area contributed by atoms with E-state index in [9.17, 15) is 4.79 Å². The lowest BCUT2D eigenvalue weighted by molar-refractivity contribution is 0.113. The lowest BCUT2D eigenvalue weighted by atomic mass is 10.1. The van der Waals surface area contributed by atoms with Gasteiger partial charge < -0.3 is 19.9 Å². The smallest absolute Gasteiger partial charge is 0.253 e. The number of hydrogen-bond acceptors (Lipinski definition) is 3. The van der Waals surface area contributed by atoms with E-state index in [2.05, 4.69) is 46.4 Å². The maximum absolute atomic E-state index is 12.8. The molecule has 0 radical (unpaired) electrons. The van der Waals surface area contributed by atoms with Crippen molar-refractivity contribution in [2.45, 2.75) is 45.4 Å².